The Bertz CT molecular complexity index is 418. The number of carbonyl (C=O) groups excluding carboxylic acids is 2. The third-order valence-electron chi connectivity index (χ3n) is 2.03. The van der Waals surface area contributed by atoms with Gasteiger partial charge in [0, 0.05) is 11.6 Å². The Kier molecular flexibility index (Phi) is 4.47. The molecule has 0 aromatic heterocycles. The molecule has 0 saturated carbocycles. The molecule has 1 aromatic carbocycles. The van der Waals surface area contributed by atoms with Crippen molar-refractivity contribution in [3.63, 3.8) is 0 Å². The number of hydrogen-bond donors (Lipinski definition) is 3. The highest BCUT2D eigenvalue weighted by molar-refractivity contribution is 5.94. The minimum atomic E-state index is -0.904. The van der Waals surface area contributed by atoms with E-state index in [0.717, 1.165) is 5.56 Å². The molecule has 0 aliphatic heterocycles. The first-order valence-electron chi connectivity index (χ1n) is 5.07. The molecule has 1 rings (SSSR count). The second-order valence-electron chi connectivity index (χ2n) is 3.53. The Balaban J connectivity index is 2.63. The van der Waals surface area contributed by atoms with Gasteiger partial charge in [-0.3, -0.25) is 10.1 Å². The Morgan fingerprint density at radius 3 is 2.65 bits per heavy atom. The summed E-state index contributed by atoms with van der Waals surface area (Å²) in [6.45, 7) is 1.53. The zero-order chi connectivity index (χ0) is 12.8. The molecule has 92 valence electrons. The number of hydrogen-bond acceptors (Lipinski definition) is 4. The quantitative estimate of drug-likeness (QED) is 0.699. The van der Waals surface area contributed by atoms with E-state index in [2.05, 4.69) is 0 Å². The molecule has 0 fully saturated rings. The van der Waals surface area contributed by atoms with Gasteiger partial charge in [0.15, 0.2) is 6.61 Å². The van der Waals surface area contributed by atoms with Gasteiger partial charge >= 0.3 is 6.03 Å². The minimum absolute atomic E-state index is 0.203. The average molecular weight is 237 g/mol. The highest BCUT2D eigenvalue weighted by Crippen LogP contribution is 2.22. The molecule has 3 amide bonds. The van der Waals surface area contributed by atoms with E-state index in [-0.39, 0.29) is 12.6 Å². The van der Waals surface area contributed by atoms with Crippen molar-refractivity contribution in [1.29, 1.82) is 0 Å². The monoisotopic (exact) mass is 237 g/mol. The van der Waals surface area contributed by atoms with Gasteiger partial charge in [0.2, 0.25) is 0 Å². The van der Waals surface area contributed by atoms with Crippen LogP contribution < -0.4 is 21.5 Å². The van der Waals surface area contributed by atoms with E-state index in [9.17, 15) is 9.59 Å². The first-order valence-corrected chi connectivity index (χ1v) is 5.07. The van der Waals surface area contributed by atoms with E-state index in [1.54, 1.807) is 12.1 Å². The molecule has 0 aliphatic rings. The first kappa shape index (κ1) is 13.0. The van der Waals surface area contributed by atoms with Gasteiger partial charge in [0.1, 0.15) is 5.75 Å². The van der Waals surface area contributed by atoms with E-state index in [1.807, 2.05) is 24.4 Å². The third kappa shape index (κ3) is 4.12. The van der Waals surface area contributed by atoms with Crippen LogP contribution in [0.3, 0.4) is 0 Å². The predicted octanol–water partition coefficient (Wildman–Crippen LogP) is 0.280. The number of primary amides is 1. The van der Waals surface area contributed by atoms with Crippen LogP contribution in [0.15, 0.2) is 24.3 Å². The number of benzene rings is 1. The number of para-hydroxylation sites is 1. The first-order chi connectivity index (χ1) is 8.00. The number of carbonyl (C=O) groups is 2. The SMILES string of the molecule is C[C@H](N)c1ccccc1OCC(=O)NC(N)=O. The van der Waals surface area contributed by atoms with Crippen molar-refractivity contribution in [2.24, 2.45) is 11.5 Å². The molecular weight excluding hydrogens is 222 g/mol. The molecule has 6 nitrogen and oxygen atoms in total. The average Bonchev–Trinajstić information content (AvgIpc) is 2.25. The Labute approximate surface area is 98.9 Å². The van der Waals surface area contributed by atoms with Crippen LogP contribution in [0.2, 0.25) is 0 Å². The van der Waals surface area contributed by atoms with Crippen LogP contribution in [-0.2, 0) is 4.79 Å². The van der Waals surface area contributed by atoms with Crippen molar-refractivity contribution in [2.75, 3.05) is 6.61 Å². The van der Waals surface area contributed by atoms with Crippen molar-refractivity contribution < 1.29 is 14.3 Å². The van der Waals surface area contributed by atoms with Crippen molar-refractivity contribution in [1.82, 2.24) is 5.32 Å². The largest absolute Gasteiger partial charge is 0.483 e. The molecule has 0 unspecified atom stereocenters. The Morgan fingerprint density at radius 1 is 1.41 bits per heavy atom. The van der Waals surface area contributed by atoms with E-state index in [0.29, 0.717) is 5.75 Å². The molecule has 6 heteroatoms. The second kappa shape index (κ2) is 5.86. The lowest BCUT2D eigenvalue weighted by atomic mass is 10.1. The van der Waals surface area contributed by atoms with Crippen LogP contribution >= 0.6 is 0 Å². The van der Waals surface area contributed by atoms with Gasteiger partial charge in [0.05, 0.1) is 0 Å². The summed E-state index contributed by atoms with van der Waals surface area (Å²) >= 11 is 0. The molecule has 0 aliphatic carbocycles. The summed E-state index contributed by atoms with van der Waals surface area (Å²) in [5.74, 6) is -0.0842. The Hall–Kier alpha value is -2.08. The summed E-state index contributed by atoms with van der Waals surface area (Å²) in [6.07, 6.45) is 0. The molecule has 0 bridgehead atoms. The predicted molar refractivity (Wildman–Crippen MR) is 62.3 cm³/mol. The van der Waals surface area contributed by atoms with Crippen molar-refractivity contribution in [3.8, 4) is 5.75 Å². The lowest BCUT2D eigenvalue weighted by Crippen LogP contribution is -2.38. The van der Waals surface area contributed by atoms with Crippen LogP contribution in [0.5, 0.6) is 5.75 Å². The van der Waals surface area contributed by atoms with Crippen LogP contribution in [0.1, 0.15) is 18.5 Å². The number of ether oxygens (including phenoxy) is 1. The number of imide groups is 1. The summed E-state index contributed by atoms with van der Waals surface area (Å²) in [6, 6.07) is 6.01. The molecule has 0 saturated heterocycles. The van der Waals surface area contributed by atoms with Gasteiger partial charge in [-0.1, -0.05) is 18.2 Å². The summed E-state index contributed by atoms with van der Waals surface area (Å²) < 4.78 is 5.26. The van der Waals surface area contributed by atoms with Gasteiger partial charge in [-0.25, -0.2) is 4.79 Å². The van der Waals surface area contributed by atoms with Crippen LogP contribution in [-0.4, -0.2) is 18.5 Å². The second-order valence-corrected chi connectivity index (χ2v) is 3.53. The fourth-order valence-corrected chi connectivity index (χ4v) is 1.30. The number of amides is 3. The lowest BCUT2D eigenvalue weighted by molar-refractivity contribution is -0.121. The molecule has 0 spiro atoms. The van der Waals surface area contributed by atoms with Crippen molar-refractivity contribution >= 4 is 11.9 Å². The number of rotatable bonds is 4. The van der Waals surface area contributed by atoms with Gasteiger partial charge in [0.25, 0.3) is 5.91 Å². The van der Waals surface area contributed by atoms with E-state index in [4.69, 9.17) is 16.2 Å². The third-order valence-corrected chi connectivity index (χ3v) is 2.03. The normalized spacial score (nSPS) is 11.6. The fraction of sp³-hybridized carbons (Fsp3) is 0.273. The van der Waals surface area contributed by atoms with Gasteiger partial charge < -0.3 is 16.2 Å². The summed E-state index contributed by atoms with van der Waals surface area (Å²) in [5, 5.41) is 1.91. The molecule has 1 atom stereocenters. The fourth-order valence-electron chi connectivity index (χ4n) is 1.30. The number of nitrogens with one attached hydrogen (secondary N) is 1. The smallest absolute Gasteiger partial charge is 0.318 e. The highest BCUT2D eigenvalue weighted by atomic mass is 16.5. The topological polar surface area (TPSA) is 107 Å². The standard InChI is InChI=1S/C11H15N3O3/c1-7(12)8-4-2-3-5-9(8)17-6-10(15)14-11(13)16/h2-5,7H,6,12H2,1H3,(H3,13,14,15,16)/t7-/m0/s1. The summed E-state index contributed by atoms with van der Waals surface area (Å²) in [7, 11) is 0. The summed E-state index contributed by atoms with van der Waals surface area (Å²) in [5.41, 5.74) is 11.3. The van der Waals surface area contributed by atoms with E-state index < -0.39 is 11.9 Å². The maximum Gasteiger partial charge on any atom is 0.318 e. The zero-order valence-electron chi connectivity index (χ0n) is 9.47. The number of urea groups is 1. The molecule has 5 N–H and O–H groups in total. The van der Waals surface area contributed by atoms with Crippen molar-refractivity contribution in [2.45, 2.75) is 13.0 Å². The minimum Gasteiger partial charge on any atom is -0.483 e. The summed E-state index contributed by atoms with van der Waals surface area (Å²) in [4.78, 5) is 21.6. The maximum absolute atomic E-state index is 11.1. The lowest BCUT2D eigenvalue weighted by Gasteiger charge is -2.13. The highest BCUT2D eigenvalue weighted by Gasteiger charge is 2.09. The van der Waals surface area contributed by atoms with Gasteiger partial charge in [-0.15, -0.1) is 0 Å². The van der Waals surface area contributed by atoms with E-state index >= 15 is 0 Å². The van der Waals surface area contributed by atoms with Gasteiger partial charge in [-0.2, -0.15) is 0 Å². The molecular formula is C11H15N3O3. The van der Waals surface area contributed by atoms with Crippen LogP contribution in [0.4, 0.5) is 4.79 Å². The molecule has 0 radical (unpaired) electrons. The van der Waals surface area contributed by atoms with Gasteiger partial charge in [-0.05, 0) is 13.0 Å². The van der Waals surface area contributed by atoms with E-state index in [1.165, 1.54) is 0 Å². The Morgan fingerprint density at radius 2 is 2.06 bits per heavy atom. The van der Waals surface area contributed by atoms with Crippen molar-refractivity contribution in [3.05, 3.63) is 29.8 Å². The molecule has 17 heavy (non-hydrogen) atoms. The number of nitrogens with two attached hydrogens (primary N) is 2. The zero-order valence-corrected chi connectivity index (χ0v) is 9.47. The molecule has 0 heterocycles. The molecule has 1 aromatic rings. The van der Waals surface area contributed by atoms with Crippen LogP contribution in [0, 0.1) is 0 Å². The maximum atomic E-state index is 11.1. The van der Waals surface area contributed by atoms with Crippen LogP contribution in [0.25, 0.3) is 0 Å².